The highest BCUT2D eigenvalue weighted by Crippen LogP contribution is 2.46. The van der Waals surface area contributed by atoms with Crippen LogP contribution in [0, 0.1) is 6.42 Å². The summed E-state index contributed by atoms with van der Waals surface area (Å²) in [6.07, 6.45) is 13.8. The Balaban J connectivity index is 1.37. The molecular weight excluding hydrogens is 481 g/mol. The lowest BCUT2D eigenvalue weighted by Gasteiger charge is -2.16. The van der Waals surface area contributed by atoms with Gasteiger partial charge in [-0.05, 0) is 31.4 Å². The summed E-state index contributed by atoms with van der Waals surface area (Å²) < 4.78 is 5.68. The van der Waals surface area contributed by atoms with Crippen LogP contribution in [0.5, 0.6) is 0 Å². The molecule has 0 atom stereocenters. The number of hydrogen-bond donors (Lipinski definition) is 0. The second-order valence-corrected chi connectivity index (χ2v) is 12.3. The van der Waals surface area contributed by atoms with Crippen molar-refractivity contribution in [2.45, 2.75) is 33.1 Å². The minimum atomic E-state index is 0.789. The van der Waals surface area contributed by atoms with Crippen LogP contribution in [0.15, 0.2) is 81.8 Å². The largest absolute Gasteiger partial charge is 0.470 e. The number of rotatable bonds is 8. The van der Waals surface area contributed by atoms with Crippen LogP contribution in [0.1, 0.15) is 39.1 Å². The van der Waals surface area contributed by atoms with Gasteiger partial charge in [-0.3, -0.25) is 0 Å². The van der Waals surface area contributed by atoms with E-state index >= 15 is 0 Å². The first kappa shape index (κ1) is 22.6. The third kappa shape index (κ3) is 5.33. The number of furan rings is 1. The summed E-state index contributed by atoms with van der Waals surface area (Å²) >= 11 is 7.52. The van der Waals surface area contributed by atoms with Crippen molar-refractivity contribution in [2.24, 2.45) is 0 Å². The molecular formula is C28H25OS4-. The smallest absolute Gasteiger partial charge is 0.138 e. The Morgan fingerprint density at radius 3 is 2.42 bits per heavy atom. The summed E-state index contributed by atoms with van der Waals surface area (Å²) in [6, 6.07) is 17.5. The molecule has 4 aromatic heterocycles. The van der Waals surface area contributed by atoms with E-state index < -0.39 is 0 Å². The summed E-state index contributed by atoms with van der Waals surface area (Å²) in [6.45, 7) is 4.43. The highest BCUT2D eigenvalue weighted by atomic mass is 32.2. The normalized spacial score (nSPS) is 15.3. The average Bonchev–Trinajstić information content (AvgIpc) is 3.66. The number of thiophene rings is 3. The molecule has 0 unspecified atom stereocenters. The zero-order valence-corrected chi connectivity index (χ0v) is 21.9. The summed E-state index contributed by atoms with van der Waals surface area (Å²) in [5.74, 6) is 0.992. The van der Waals surface area contributed by atoms with Crippen molar-refractivity contribution in [3.8, 4) is 9.75 Å². The Kier molecular flexibility index (Phi) is 7.12. The number of thioether (sulfide) groups is 1. The Bertz CT molecular complexity index is 1310. The van der Waals surface area contributed by atoms with E-state index in [1.165, 1.54) is 44.6 Å². The molecule has 0 radical (unpaired) electrons. The van der Waals surface area contributed by atoms with Gasteiger partial charge in [0.2, 0.25) is 0 Å². The molecule has 0 aliphatic carbocycles. The van der Waals surface area contributed by atoms with Crippen LogP contribution in [-0.4, -0.2) is 0 Å². The molecule has 0 N–H and O–H groups in total. The van der Waals surface area contributed by atoms with Crippen LogP contribution in [0.2, 0.25) is 0 Å². The van der Waals surface area contributed by atoms with Crippen LogP contribution >= 0.6 is 45.8 Å². The van der Waals surface area contributed by atoms with Gasteiger partial charge >= 0.3 is 0 Å². The van der Waals surface area contributed by atoms with Gasteiger partial charge in [-0.15, -0.1) is 23.1 Å². The first-order chi connectivity index (χ1) is 16.2. The molecule has 0 amide bonds. The number of aryl methyl sites for hydroxylation is 2. The second kappa shape index (κ2) is 10.4. The van der Waals surface area contributed by atoms with Gasteiger partial charge in [0.05, 0.1) is 49.3 Å². The summed E-state index contributed by atoms with van der Waals surface area (Å²) in [5.41, 5.74) is 1.29. The molecule has 0 fully saturated rings. The fourth-order valence-corrected chi connectivity index (χ4v) is 7.65. The molecule has 4 aromatic rings. The molecule has 5 rings (SSSR count). The molecule has 0 bridgehead atoms. The van der Waals surface area contributed by atoms with E-state index in [-0.39, 0.29) is 0 Å². The maximum Gasteiger partial charge on any atom is 0.138 e. The van der Waals surface area contributed by atoms with E-state index in [1.54, 1.807) is 6.26 Å². The predicted octanol–water partition coefficient (Wildman–Crippen LogP) is 9.76. The van der Waals surface area contributed by atoms with Gasteiger partial charge in [0.15, 0.2) is 0 Å². The lowest BCUT2D eigenvalue weighted by molar-refractivity contribution is 0.520. The Morgan fingerprint density at radius 2 is 1.70 bits per heavy atom. The maximum atomic E-state index is 5.68. The van der Waals surface area contributed by atoms with Crippen molar-refractivity contribution in [2.75, 3.05) is 0 Å². The topological polar surface area (TPSA) is 13.1 Å². The minimum absolute atomic E-state index is 0.789. The van der Waals surface area contributed by atoms with Crippen molar-refractivity contribution in [1.82, 2.24) is 0 Å². The lowest BCUT2D eigenvalue weighted by Crippen LogP contribution is -1.89. The zero-order chi connectivity index (χ0) is 22.6. The van der Waals surface area contributed by atoms with Crippen molar-refractivity contribution < 1.29 is 4.42 Å². The molecule has 168 valence electrons. The molecule has 0 spiro atoms. The van der Waals surface area contributed by atoms with Crippen LogP contribution < -0.4 is 0 Å². The van der Waals surface area contributed by atoms with Gasteiger partial charge in [-0.1, -0.05) is 30.9 Å². The fraction of sp³-hybridized carbons (Fsp3) is 0.179. The number of allylic oxidation sites excluding steroid dienone is 4. The predicted molar refractivity (Wildman–Crippen MR) is 149 cm³/mol. The molecule has 0 aromatic carbocycles. The van der Waals surface area contributed by atoms with Crippen molar-refractivity contribution in [3.63, 3.8) is 0 Å². The molecule has 33 heavy (non-hydrogen) atoms. The summed E-state index contributed by atoms with van der Waals surface area (Å²) in [4.78, 5) is 10.8. The van der Waals surface area contributed by atoms with Crippen LogP contribution in [0.4, 0.5) is 0 Å². The highest BCUT2D eigenvalue weighted by molar-refractivity contribution is 8.12. The van der Waals surface area contributed by atoms with E-state index in [9.17, 15) is 0 Å². The molecule has 1 nitrogen and oxygen atoms in total. The Morgan fingerprint density at radius 1 is 0.970 bits per heavy atom. The third-order valence-corrected chi connectivity index (χ3v) is 10.5. The fourth-order valence-electron chi connectivity index (χ4n) is 3.63. The van der Waals surface area contributed by atoms with Crippen LogP contribution in [-0.2, 0) is 19.3 Å². The monoisotopic (exact) mass is 505 g/mol. The van der Waals surface area contributed by atoms with E-state index in [0.717, 1.165) is 25.0 Å². The van der Waals surface area contributed by atoms with E-state index in [0.29, 0.717) is 0 Å². The Labute approximate surface area is 212 Å². The van der Waals surface area contributed by atoms with Gasteiger partial charge in [0.25, 0.3) is 0 Å². The van der Waals surface area contributed by atoms with Crippen molar-refractivity contribution >= 4 is 56.8 Å². The first-order valence-corrected chi connectivity index (χ1v) is 14.4. The van der Waals surface area contributed by atoms with Crippen LogP contribution in [0.25, 0.3) is 20.7 Å². The average molecular weight is 506 g/mol. The van der Waals surface area contributed by atoms with E-state index in [2.05, 4.69) is 81.0 Å². The molecule has 0 saturated heterocycles. The molecule has 5 heteroatoms. The Hall–Kier alpha value is -2.18. The third-order valence-electron chi connectivity index (χ3n) is 5.45. The molecule has 0 saturated carbocycles. The SMILES string of the molecule is CC[c-]1ccc(C2=C[CH-]/C(=C(\C=C\[c-]3ccc(-c4cc[c-](CC)[s+]4)[s+]3)Cc3ccco3)S2)[s+]1. The summed E-state index contributed by atoms with van der Waals surface area (Å²) in [7, 11) is 0. The maximum absolute atomic E-state index is 5.68. The van der Waals surface area contributed by atoms with Crippen LogP contribution in [0.3, 0.4) is 0 Å². The first-order valence-electron chi connectivity index (χ1n) is 11.2. The quantitative estimate of drug-likeness (QED) is 0.175. The van der Waals surface area contributed by atoms with Gasteiger partial charge in [0.1, 0.15) is 21.1 Å². The van der Waals surface area contributed by atoms with E-state index in [4.69, 9.17) is 4.42 Å². The van der Waals surface area contributed by atoms with Gasteiger partial charge in [-0.25, -0.2) is 0 Å². The molecule has 1 aliphatic rings. The van der Waals surface area contributed by atoms with Crippen molar-refractivity contribution in [3.05, 3.63) is 109 Å². The zero-order valence-electron chi connectivity index (χ0n) is 18.7. The van der Waals surface area contributed by atoms with Gasteiger partial charge < -0.3 is 4.42 Å². The van der Waals surface area contributed by atoms with Gasteiger partial charge in [-0.2, -0.15) is 48.0 Å². The van der Waals surface area contributed by atoms with E-state index in [1.807, 2.05) is 51.8 Å². The minimum Gasteiger partial charge on any atom is -0.470 e. The standard InChI is InChI=1S/C28H25OS4/c1-3-21-9-12-25(30-21)26-14-11-23(32-26)8-7-19(18-20-6-5-17-29-20)24-15-16-28(33-24)27-13-10-22(4-2)31-27/h5-17H,3-4,18H2,1-2H3/q-1/b8-7+,24-19-. The second-order valence-electron chi connectivity index (χ2n) is 7.72. The number of hydrogen-bond acceptors (Lipinski definition) is 2. The van der Waals surface area contributed by atoms with Crippen molar-refractivity contribution in [1.29, 1.82) is 0 Å². The van der Waals surface area contributed by atoms with Gasteiger partial charge in [0, 0.05) is 4.88 Å². The summed E-state index contributed by atoms with van der Waals surface area (Å²) in [5, 5.41) is 0. The molecule has 5 heterocycles. The highest BCUT2D eigenvalue weighted by Gasteiger charge is 2.12. The molecule has 1 aliphatic heterocycles. The lowest BCUT2D eigenvalue weighted by atomic mass is 10.1.